The minimum absolute atomic E-state index is 0. The van der Waals surface area contributed by atoms with Gasteiger partial charge in [0.25, 0.3) is 5.91 Å². The molecule has 0 radical (unpaired) electrons. The van der Waals surface area contributed by atoms with Crippen LogP contribution in [0.1, 0.15) is 16.8 Å². The number of aromatic nitrogens is 2. The molecule has 0 spiro atoms. The number of carboxylic acid groups (broad SMARTS) is 1. The Bertz CT molecular complexity index is 848. The number of imidazole rings is 1. The number of aliphatic carboxylic acids is 1. The van der Waals surface area contributed by atoms with E-state index in [1.807, 2.05) is 18.2 Å². The highest BCUT2D eigenvalue weighted by Crippen LogP contribution is 2.18. The Labute approximate surface area is 144 Å². The zero-order chi connectivity index (χ0) is 16.2. The average Bonchev–Trinajstić information content (AvgIpc) is 3.03. The zero-order valence-electron chi connectivity index (χ0n) is 12.7. The quantitative estimate of drug-likeness (QED) is 0.771. The van der Waals surface area contributed by atoms with Crippen LogP contribution < -0.4 is 4.90 Å². The highest BCUT2D eigenvalue weighted by atomic mass is 35.5. The van der Waals surface area contributed by atoms with E-state index in [1.165, 1.54) is 4.90 Å². The van der Waals surface area contributed by atoms with E-state index in [9.17, 15) is 9.59 Å². The molecule has 0 fully saturated rings. The van der Waals surface area contributed by atoms with E-state index in [0.717, 1.165) is 0 Å². The lowest BCUT2D eigenvalue weighted by atomic mass is 10.2. The number of anilines is 1. The molecule has 6 nitrogen and oxygen atoms in total. The zero-order valence-corrected chi connectivity index (χ0v) is 13.5. The Balaban J connectivity index is 0.00000208. The predicted octanol–water partition coefficient (Wildman–Crippen LogP) is 2.88. The summed E-state index contributed by atoms with van der Waals surface area (Å²) in [6.07, 6.45) is 5.09. The van der Waals surface area contributed by atoms with Crippen LogP contribution in [0.4, 0.5) is 5.69 Å². The maximum absolute atomic E-state index is 12.8. The van der Waals surface area contributed by atoms with Crippen molar-refractivity contribution in [1.82, 2.24) is 9.38 Å². The molecule has 0 bridgehead atoms. The Morgan fingerprint density at radius 3 is 2.58 bits per heavy atom. The SMILES string of the molecule is Cl.O=C(O)CCN(C(=O)c1ccn2ccnc2c1)c1ccccc1. The van der Waals surface area contributed by atoms with Crippen LogP contribution in [0.5, 0.6) is 0 Å². The fourth-order valence-corrected chi connectivity index (χ4v) is 2.36. The van der Waals surface area contributed by atoms with Crippen molar-refractivity contribution in [3.8, 4) is 0 Å². The van der Waals surface area contributed by atoms with Gasteiger partial charge >= 0.3 is 5.97 Å². The first-order valence-corrected chi connectivity index (χ1v) is 7.16. The first kappa shape index (κ1) is 17.5. The lowest BCUT2D eigenvalue weighted by molar-refractivity contribution is -0.136. The molecule has 3 aromatic rings. The number of para-hydroxylation sites is 1. The van der Waals surface area contributed by atoms with Crippen molar-refractivity contribution in [1.29, 1.82) is 0 Å². The first-order valence-electron chi connectivity index (χ1n) is 7.16. The van der Waals surface area contributed by atoms with Crippen LogP contribution >= 0.6 is 12.4 Å². The molecule has 2 heterocycles. The van der Waals surface area contributed by atoms with Crippen LogP contribution in [-0.4, -0.2) is 32.9 Å². The first-order chi connectivity index (χ1) is 11.1. The third-order valence-corrected chi connectivity index (χ3v) is 3.51. The van der Waals surface area contributed by atoms with Crippen LogP contribution in [0.25, 0.3) is 5.65 Å². The van der Waals surface area contributed by atoms with E-state index in [4.69, 9.17) is 5.11 Å². The molecule has 0 aliphatic heterocycles. The number of rotatable bonds is 5. The topological polar surface area (TPSA) is 74.9 Å². The molecular formula is C17H16ClN3O3. The van der Waals surface area contributed by atoms with E-state index in [2.05, 4.69) is 4.98 Å². The van der Waals surface area contributed by atoms with Crippen LogP contribution in [0.2, 0.25) is 0 Å². The number of pyridine rings is 1. The van der Waals surface area contributed by atoms with Gasteiger partial charge in [0.15, 0.2) is 0 Å². The fourth-order valence-electron chi connectivity index (χ4n) is 2.36. The van der Waals surface area contributed by atoms with Crippen molar-refractivity contribution in [2.75, 3.05) is 11.4 Å². The molecule has 1 N–H and O–H groups in total. The van der Waals surface area contributed by atoms with Crippen molar-refractivity contribution in [3.63, 3.8) is 0 Å². The monoisotopic (exact) mass is 345 g/mol. The standard InChI is InChI=1S/C17H15N3O3.ClH/c21-16(22)7-10-20(14-4-2-1-3-5-14)17(23)13-6-9-19-11-8-18-15(19)12-13;/h1-6,8-9,11-12H,7,10H2,(H,21,22);1H. The average molecular weight is 346 g/mol. The Morgan fingerprint density at radius 1 is 1.12 bits per heavy atom. The number of carbonyl (C=O) groups is 2. The Hall–Kier alpha value is -2.86. The highest BCUT2D eigenvalue weighted by molar-refractivity contribution is 6.06. The lowest BCUT2D eigenvalue weighted by Gasteiger charge is -2.22. The molecule has 0 aliphatic rings. The Morgan fingerprint density at radius 2 is 1.88 bits per heavy atom. The number of fused-ring (bicyclic) bond motifs is 1. The van der Waals surface area contributed by atoms with Crippen molar-refractivity contribution in [3.05, 3.63) is 66.6 Å². The van der Waals surface area contributed by atoms with Crippen LogP contribution in [0.3, 0.4) is 0 Å². The number of nitrogens with zero attached hydrogens (tertiary/aromatic N) is 3. The number of carbonyl (C=O) groups excluding carboxylic acids is 1. The summed E-state index contributed by atoms with van der Waals surface area (Å²) >= 11 is 0. The summed E-state index contributed by atoms with van der Waals surface area (Å²) in [6.45, 7) is 0.109. The summed E-state index contributed by atoms with van der Waals surface area (Å²) in [5.74, 6) is -1.19. The molecule has 1 aromatic carbocycles. The molecular weight excluding hydrogens is 330 g/mol. The van der Waals surface area contributed by atoms with Crippen molar-refractivity contribution in [2.24, 2.45) is 0 Å². The van der Waals surface area contributed by atoms with Gasteiger partial charge in [0.05, 0.1) is 6.42 Å². The minimum Gasteiger partial charge on any atom is -0.481 e. The summed E-state index contributed by atoms with van der Waals surface area (Å²) in [7, 11) is 0. The third-order valence-electron chi connectivity index (χ3n) is 3.51. The fraction of sp³-hybridized carbons (Fsp3) is 0.118. The van der Waals surface area contributed by atoms with E-state index >= 15 is 0 Å². The van der Waals surface area contributed by atoms with Gasteiger partial charge in [-0.25, -0.2) is 4.98 Å². The molecule has 3 rings (SSSR count). The van der Waals surface area contributed by atoms with E-state index in [-0.39, 0.29) is 31.3 Å². The number of halogens is 1. The number of hydrogen-bond donors (Lipinski definition) is 1. The maximum atomic E-state index is 12.8. The molecule has 0 atom stereocenters. The smallest absolute Gasteiger partial charge is 0.305 e. The summed E-state index contributed by atoms with van der Waals surface area (Å²) < 4.78 is 1.81. The molecule has 0 aliphatic carbocycles. The highest BCUT2D eigenvalue weighted by Gasteiger charge is 2.19. The number of amides is 1. The molecule has 0 saturated heterocycles. The third kappa shape index (κ3) is 3.72. The number of benzene rings is 1. The van der Waals surface area contributed by atoms with Crippen molar-refractivity contribution >= 4 is 35.6 Å². The van der Waals surface area contributed by atoms with Crippen LogP contribution in [0.15, 0.2) is 61.1 Å². The van der Waals surface area contributed by atoms with Crippen LogP contribution in [0, 0.1) is 0 Å². The second-order valence-corrected chi connectivity index (χ2v) is 5.04. The summed E-state index contributed by atoms with van der Waals surface area (Å²) in [5.41, 5.74) is 1.81. The summed E-state index contributed by atoms with van der Waals surface area (Å²) in [4.78, 5) is 29.3. The van der Waals surface area contributed by atoms with Gasteiger partial charge in [0, 0.05) is 36.4 Å². The normalized spacial score (nSPS) is 10.2. The number of carboxylic acids is 1. The lowest BCUT2D eigenvalue weighted by Crippen LogP contribution is -2.33. The molecule has 7 heteroatoms. The van der Waals surface area contributed by atoms with Gasteiger partial charge in [0.2, 0.25) is 0 Å². The van der Waals surface area contributed by atoms with Gasteiger partial charge in [-0.3, -0.25) is 9.59 Å². The van der Waals surface area contributed by atoms with E-state index in [0.29, 0.717) is 16.9 Å². The summed E-state index contributed by atoms with van der Waals surface area (Å²) in [5, 5.41) is 8.92. The largest absolute Gasteiger partial charge is 0.481 e. The van der Waals surface area contributed by atoms with Gasteiger partial charge in [-0.05, 0) is 24.3 Å². The minimum atomic E-state index is -0.942. The van der Waals surface area contributed by atoms with Crippen molar-refractivity contribution in [2.45, 2.75) is 6.42 Å². The molecule has 0 saturated carbocycles. The van der Waals surface area contributed by atoms with Gasteiger partial charge in [-0.15, -0.1) is 12.4 Å². The van der Waals surface area contributed by atoms with E-state index < -0.39 is 5.97 Å². The van der Waals surface area contributed by atoms with Gasteiger partial charge in [-0.1, -0.05) is 18.2 Å². The Kier molecular flexibility index (Phi) is 5.55. The molecule has 2 aromatic heterocycles. The second-order valence-electron chi connectivity index (χ2n) is 5.04. The van der Waals surface area contributed by atoms with Gasteiger partial charge in [0.1, 0.15) is 5.65 Å². The molecule has 1 amide bonds. The molecule has 124 valence electrons. The van der Waals surface area contributed by atoms with Crippen molar-refractivity contribution < 1.29 is 14.7 Å². The number of hydrogen-bond acceptors (Lipinski definition) is 3. The maximum Gasteiger partial charge on any atom is 0.305 e. The van der Waals surface area contributed by atoms with E-state index in [1.54, 1.807) is 47.3 Å². The summed E-state index contributed by atoms with van der Waals surface area (Å²) in [6, 6.07) is 12.4. The predicted molar refractivity (Wildman–Crippen MR) is 92.8 cm³/mol. The molecule has 0 unspecified atom stereocenters. The second kappa shape index (κ2) is 7.61. The van der Waals surface area contributed by atoms with Crippen LogP contribution in [-0.2, 0) is 4.79 Å². The van der Waals surface area contributed by atoms with Gasteiger partial charge < -0.3 is 14.4 Å². The van der Waals surface area contributed by atoms with Gasteiger partial charge in [-0.2, -0.15) is 0 Å². The molecule has 24 heavy (non-hydrogen) atoms.